The van der Waals surface area contributed by atoms with E-state index in [9.17, 15) is 22.6 Å². The number of unbranched alkanes of at least 4 members (excludes halogenated alkanes) is 13. The van der Waals surface area contributed by atoms with Gasteiger partial charge in [0.1, 0.15) is 15.0 Å². The minimum atomic E-state index is -4.90. The number of allylic oxidation sites excluding steroid dienone is 4. The average Bonchev–Trinajstić information content (AvgIpc) is 2.68. The molecule has 31 heavy (non-hydrogen) atoms. The van der Waals surface area contributed by atoms with Gasteiger partial charge in [0.05, 0.1) is 0 Å². The molecule has 7 heteroatoms. The number of hydrogen-bond donors (Lipinski definition) is 0. The Hall–Kier alpha value is -0.270. The van der Waals surface area contributed by atoms with Crippen molar-refractivity contribution in [1.29, 1.82) is 0 Å². The molecule has 0 saturated carbocycles. The fourth-order valence-electron chi connectivity index (χ4n) is 3.94. The summed E-state index contributed by atoms with van der Waals surface area (Å²) < 4.78 is 33.0. The quantitative estimate of drug-likeness (QED) is 0.143. The fraction of sp³-hybridized carbons (Fsp3) is 0.750. The minimum Gasteiger partial charge on any atom is -0.744 e. The minimum absolute atomic E-state index is 0. The van der Waals surface area contributed by atoms with Crippen molar-refractivity contribution < 1.29 is 52.1 Å². The molecule has 0 saturated heterocycles. The Labute approximate surface area is 211 Å². The SMILES string of the molecule is CCCCCCCCCCCCCCCCC(C)C1=CC(=O)C(S(=O)(=O)[O-])=CC1=O.[Na+]. The van der Waals surface area contributed by atoms with E-state index in [4.69, 9.17) is 0 Å². The largest absolute Gasteiger partial charge is 1.00 e. The van der Waals surface area contributed by atoms with Gasteiger partial charge in [-0.1, -0.05) is 104 Å². The molecule has 0 aromatic heterocycles. The van der Waals surface area contributed by atoms with E-state index in [2.05, 4.69) is 6.92 Å². The molecule has 0 aromatic rings. The Balaban J connectivity index is 0.00000900. The van der Waals surface area contributed by atoms with Gasteiger partial charge in [0.15, 0.2) is 11.6 Å². The molecule has 0 amide bonds. The van der Waals surface area contributed by atoms with Crippen LogP contribution >= 0.6 is 0 Å². The molecule has 5 nitrogen and oxygen atoms in total. The van der Waals surface area contributed by atoms with Gasteiger partial charge < -0.3 is 4.55 Å². The molecule has 0 aromatic carbocycles. The first kappa shape index (κ1) is 30.7. The Kier molecular flexibility index (Phi) is 17.1. The number of hydrogen-bond acceptors (Lipinski definition) is 5. The first-order valence-corrected chi connectivity index (χ1v) is 13.2. The second-order valence-corrected chi connectivity index (χ2v) is 9.92. The molecular weight excluding hydrogens is 423 g/mol. The zero-order valence-electron chi connectivity index (χ0n) is 19.8. The van der Waals surface area contributed by atoms with Crippen molar-refractivity contribution in [2.45, 2.75) is 110 Å². The van der Waals surface area contributed by atoms with Crippen molar-refractivity contribution in [1.82, 2.24) is 0 Å². The summed E-state index contributed by atoms with van der Waals surface area (Å²) in [6, 6.07) is 0. The molecule has 0 heterocycles. The zero-order chi connectivity index (χ0) is 22.4. The third-order valence-electron chi connectivity index (χ3n) is 5.87. The third kappa shape index (κ3) is 13.1. The Morgan fingerprint density at radius 3 is 1.58 bits per heavy atom. The summed E-state index contributed by atoms with van der Waals surface area (Å²) in [6.07, 6.45) is 20.4. The molecule has 0 N–H and O–H groups in total. The van der Waals surface area contributed by atoms with Crippen molar-refractivity contribution in [3.05, 3.63) is 22.6 Å². The monoisotopic (exact) mass is 462 g/mol. The van der Waals surface area contributed by atoms with Crippen LogP contribution in [0.5, 0.6) is 0 Å². The maximum Gasteiger partial charge on any atom is 1.00 e. The molecule has 0 spiro atoms. The van der Waals surface area contributed by atoms with Crippen LogP contribution < -0.4 is 29.6 Å². The van der Waals surface area contributed by atoms with E-state index in [1.807, 2.05) is 6.92 Å². The Morgan fingerprint density at radius 2 is 1.16 bits per heavy atom. The summed E-state index contributed by atoms with van der Waals surface area (Å²) in [5.74, 6) is -1.54. The van der Waals surface area contributed by atoms with Crippen LogP contribution in [0.4, 0.5) is 0 Å². The van der Waals surface area contributed by atoms with Crippen LogP contribution in [0.1, 0.15) is 110 Å². The maximum absolute atomic E-state index is 12.1. The van der Waals surface area contributed by atoms with Crippen molar-refractivity contribution >= 4 is 21.7 Å². The molecule has 1 aliphatic carbocycles. The van der Waals surface area contributed by atoms with Crippen molar-refractivity contribution in [2.75, 3.05) is 0 Å². The molecule has 0 bridgehead atoms. The van der Waals surface area contributed by atoms with Crippen molar-refractivity contribution in [2.24, 2.45) is 5.92 Å². The Bertz CT molecular complexity index is 709. The average molecular weight is 463 g/mol. The molecule has 1 atom stereocenters. The van der Waals surface area contributed by atoms with Gasteiger partial charge in [-0.2, -0.15) is 0 Å². The van der Waals surface area contributed by atoms with Crippen LogP contribution in [0.25, 0.3) is 0 Å². The summed E-state index contributed by atoms with van der Waals surface area (Å²) >= 11 is 0. The van der Waals surface area contributed by atoms with Crippen LogP contribution in [-0.2, 0) is 19.7 Å². The van der Waals surface area contributed by atoms with Gasteiger partial charge in [0, 0.05) is 11.6 Å². The molecule has 1 rings (SSSR count). The summed E-state index contributed by atoms with van der Waals surface area (Å²) in [7, 11) is -4.90. The van der Waals surface area contributed by atoms with Crippen LogP contribution in [0, 0.1) is 5.92 Å². The van der Waals surface area contributed by atoms with Crippen LogP contribution in [0.2, 0.25) is 0 Å². The Morgan fingerprint density at radius 1 is 0.742 bits per heavy atom. The van der Waals surface area contributed by atoms with Crippen LogP contribution in [0.3, 0.4) is 0 Å². The van der Waals surface area contributed by atoms with E-state index in [1.54, 1.807) is 0 Å². The van der Waals surface area contributed by atoms with Gasteiger partial charge in [-0.25, -0.2) is 8.42 Å². The molecule has 1 aliphatic rings. The van der Waals surface area contributed by atoms with Crippen LogP contribution in [-0.4, -0.2) is 24.5 Å². The summed E-state index contributed by atoms with van der Waals surface area (Å²) in [4.78, 5) is 23.0. The summed E-state index contributed by atoms with van der Waals surface area (Å²) in [6.45, 7) is 4.11. The van der Waals surface area contributed by atoms with E-state index in [1.165, 1.54) is 77.0 Å². The third-order valence-corrected chi connectivity index (χ3v) is 6.72. The molecule has 0 aliphatic heterocycles. The summed E-state index contributed by atoms with van der Waals surface area (Å²) in [5, 5.41) is 0. The van der Waals surface area contributed by atoms with E-state index in [-0.39, 0.29) is 35.5 Å². The molecule has 172 valence electrons. The summed E-state index contributed by atoms with van der Waals surface area (Å²) in [5.41, 5.74) is 0.307. The first-order chi connectivity index (χ1) is 14.3. The van der Waals surface area contributed by atoms with Gasteiger partial charge in [0.25, 0.3) is 0 Å². The van der Waals surface area contributed by atoms with Crippen molar-refractivity contribution in [3.63, 3.8) is 0 Å². The predicted octanol–water partition coefficient (Wildman–Crippen LogP) is 3.01. The van der Waals surface area contributed by atoms with E-state index in [0.717, 1.165) is 25.3 Å². The molecule has 0 fully saturated rings. The second-order valence-electron chi connectivity index (χ2n) is 8.58. The van der Waals surface area contributed by atoms with Gasteiger partial charge in [0.2, 0.25) is 0 Å². The molecular formula is C24H39NaO5S. The van der Waals surface area contributed by atoms with Gasteiger partial charge in [-0.15, -0.1) is 0 Å². The van der Waals surface area contributed by atoms with Gasteiger partial charge in [-0.3, -0.25) is 9.59 Å². The van der Waals surface area contributed by atoms with Gasteiger partial charge in [-0.05, 0) is 18.4 Å². The number of carbonyl (C=O) groups excluding carboxylic acids is 2. The molecule has 0 radical (unpaired) electrons. The smallest absolute Gasteiger partial charge is 0.744 e. The van der Waals surface area contributed by atoms with Crippen molar-refractivity contribution in [3.8, 4) is 0 Å². The topological polar surface area (TPSA) is 91.3 Å². The van der Waals surface area contributed by atoms with E-state index >= 15 is 0 Å². The number of carbonyl (C=O) groups is 2. The standard InChI is InChI=1S/C24H40O5S.Na/c1-3-4-5-6-7-8-9-10-11-12-13-14-15-16-17-20(2)21-18-23(26)24(19-22(21)25)30(27,28)29;/h18-20H,3-17H2,1-2H3,(H,27,28,29);/q;+1/p-1. The predicted molar refractivity (Wildman–Crippen MR) is 120 cm³/mol. The maximum atomic E-state index is 12.1. The van der Waals surface area contributed by atoms with E-state index < -0.39 is 26.6 Å². The second kappa shape index (κ2) is 17.2. The van der Waals surface area contributed by atoms with Gasteiger partial charge >= 0.3 is 29.6 Å². The normalized spacial score (nSPS) is 15.3. The molecule has 1 unspecified atom stereocenters. The van der Waals surface area contributed by atoms with Crippen LogP contribution in [0.15, 0.2) is 22.6 Å². The number of rotatable bonds is 17. The number of ketones is 2. The first-order valence-electron chi connectivity index (χ1n) is 11.7. The fourth-order valence-corrected chi connectivity index (χ4v) is 4.49. The zero-order valence-corrected chi connectivity index (χ0v) is 22.6. The van der Waals surface area contributed by atoms with E-state index in [0.29, 0.717) is 11.6 Å².